The number of benzene rings is 1. The lowest BCUT2D eigenvalue weighted by Crippen LogP contribution is -2.25. The van der Waals surface area contributed by atoms with E-state index in [2.05, 4.69) is 4.98 Å². The Morgan fingerprint density at radius 3 is 2.76 bits per heavy atom. The van der Waals surface area contributed by atoms with E-state index in [1.807, 2.05) is 0 Å². The molecule has 2 aromatic rings. The first-order valence-corrected chi connectivity index (χ1v) is 5.32. The average Bonchev–Trinajstić information content (AvgIpc) is 2.23. The molecule has 0 radical (unpaired) electrons. The second kappa shape index (κ2) is 4.35. The van der Waals surface area contributed by atoms with Crippen LogP contribution in [0.25, 0.3) is 10.9 Å². The van der Waals surface area contributed by atoms with Crippen molar-refractivity contribution in [1.82, 2.24) is 9.55 Å². The molecule has 0 spiro atoms. The summed E-state index contributed by atoms with van der Waals surface area (Å²) in [6.07, 6.45) is 0. The van der Waals surface area contributed by atoms with Gasteiger partial charge in [-0.2, -0.15) is 0 Å². The summed E-state index contributed by atoms with van der Waals surface area (Å²) in [7, 11) is 0. The summed E-state index contributed by atoms with van der Waals surface area (Å²) < 4.78 is 0.889. The summed E-state index contributed by atoms with van der Waals surface area (Å²) in [4.78, 5) is 26.5. The first kappa shape index (κ1) is 11.9. The minimum absolute atomic E-state index is 0.174. The number of carboxylic acid groups (broad SMARTS) is 1. The van der Waals surface area contributed by atoms with Crippen molar-refractivity contribution in [1.29, 1.82) is 0 Å². The van der Waals surface area contributed by atoms with Gasteiger partial charge >= 0.3 is 5.97 Å². The number of carbonyl (C=O) groups is 1. The van der Waals surface area contributed by atoms with Gasteiger partial charge in [-0.25, -0.2) is 4.98 Å². The zero-order chi connectivity index (χ0) is 12.6. The van der Waals surface area contributed by atoms with Gasteiger partial charge in [0.2, 0.25) is 5.28 Å². The van der Waals surface area contributed by atoms with Crippen LogP contribution in [0.5, 0.6) is 0 Å². The van der Waals surface area contributed by atoms with Gasteiger partial charge in [-0.15, -0.1) is 0 Å². The lowest BCUT2D eigenvalue weighted by molar-refractivity contribution is -0.137. The van der Waals surface area contributed by atoms with Crippen LogP contribution in [0.1, 0.15) is 0 Å². The van der Waals surface area contributed by atoms with Gasteiger partial charge in [0.25, 0.3) is 5.56 Å². The number of fused-ring (bicyclic) bond motifs is 1. The van der Waals surface area contributed by atoms with Crippen molar-refractivity contribution in [3.05, 3.63) is 38.9 Å². The van der Waals surface area contributed by atoms with Gasteiger partial charge in [0.15, 0.2) is 0 Å². The highest BCUT2D eigenvalue weighted by Gasteiger charge is 2.11. The molecule has 0 aliphatic heterocycles. The molecule has 0 fully saturated rings. The van der Waals surface area contributed by atoms with Crippen LogP contribution < -0.4 is 5.56 Å². The Labute approximate surface area is 105 Å². The largest absolute Gasteiger partial charge is 0.480 e. The summed E-state index contributed by atoms with van der Waals surface area (Å²) in [6, 6.07) is 4.52. The topological polar surface area (TPSA) is 72.2 Å². The number of rotatable bonds is 2. The van der Waals surface area contributed by atoms with Crippen LogP contribution in [0, 0.1) is 0 Å². The van der Waals surface area contributed by atoms with E-state index in [1.165, 1.54) is 18.2 Å². The molecule has 0 saturated heterocycles. The van der Waals surface area contributed by atoms with E-state index < -0.39 is 18.1 Å². The Morgan fingerprint density at radius 2 is 2.12 bits per heavy atom. The van der Waals surface area contributed by atoms with Crippen molar-refractivity contribution >= 4 is 40.1 Å². The molecule has 88 valence electrons. The number of nitrogens with zero attached hydrogens (tertiary/aromatic N) is 2. The first-order valence-electron chi connectivity index (χ1n) is 4.56. The van der Waals surface area contributed by atoms with Crippen LogP contribution in [0.15, 0.2) is 23.0 Å². The van der Waals surface area contributed by atoms with Crippen molar-refractivity contribution in [2.75, 3.05) is 0 Å². The molecule has 0 bridgehead atoms. The van der Waals surface area contributed by atoms with Crippen LogP contribution in [-0.4, -0.2) is 20.6 Å². The van der Waals surface area contributed by atoms with E-state index in [0.29, 0.717) is 10.5 Å². The third kappa shape index (κ3) is 2.25. The normalized spacial score (nSPS) is 10.7. The van der Waals surface area contributed by atoms with Gasteiger partial charge < -0.3 is 5.11 Å². The fraction of sp³-hybridized carbons (Fsp3) is 0.100. The van der Waals surface area contributed by atoms with Crippen molar-refractivity contribution in [3.63, 3.8) is 0 Å². The zero-order valence-electron chi connectivity index (χ0n) is 8.35. The van der Waals surface area contributed by atoms with Crippen LogP contribution in [-0.2, 0) is 11.3 Å². The fourth-order valence-electron chi connectivity index (χ4n) is 1.44. The standard InChI is InChI=1S/C10H6Cl2N2O3/c11-5-1-2-6-7(3-5)13-10(12)14(9(6)17)4-8(15)16/h1-3H,4H2,(H,15,16). The van der Waals surface area contributed by atoms with E-state index in [1.54, 1.807) is 0 Å². The molecule has 0 aliphatic rings. The van der Waals surface area contributed by atoms with Gasteiger partial charge in [-0.3, -0.25) is 14.2 Å². The van der Waals surface area contributed by atoms with Crippen LogP contribution >= 0.6 is 23.2 Å². The fourth-order valence-corrected chi connectivity index (χ4v) is 1.83. The van der Waals surface area contributed by atoms with E-state index in [4.69, 9.17) is 28.3 Å². The molecule has 17 heavy (non-hydrogen) atoms. The zero-order valence-corrected chi connectivity index (χ0v) is 9.87. The molecule has 0 aliphatic carbocycles. The van der Waals surface area contributed by atoms with E-state index >= 15 is 0 Å². The van der Waals surface area contributed by atoms with Crippen LogP contribution in [0.2, 0.25) is 10.3 Å². The Bertz CT molecular complexity index is 666. The van der Waals surface area contributed by atoms with Crippen molar-refractivity contribution in [2.45, 2.75) is 6.54 Å². The SMILES string of the molecule is O=C(O)Cn1c(Cl)nc2cc(Cl)ccc2c1=O. The van der Waals surface area contributed by atoms with Gasteiger partial charge in [0, 0.05) is 5.02 Å². The molecule has 1 N–H and O–H groups in total. The molecule has 2 rings (SSSR count). The summed E-state index contributed by atoms with van der Waals surface area (Å²) in [6.45, 7) is -0.525. The highest BCUT2D eigenvalue weighted by atomic mass is 35.5. The number of hydrogen-bond donors (Lipinski definition) is 1. The van der Waals surface area contributed by atoms with E-state index in [0.717, 1.165) is 4.57 Å². The van der Waals surface area contributed by atoms with Crippen LogP contribution in [0.4, 0.5) is 0 Å². The highest BCUT2D eigenvalue weighted by Crippen LogP contribution is 2.16. The molecule has 0 amide bonds. The average molecular weight is 273 g/mol. The second-order valence-corrected chi connectivity index (χ2v) is 4.10. The van der Waals surface area contributed by atoms with Crippen molar-refractivity contribution in [2.24, 2.45) is 0 Å². The smallest absolute Gasteiger partial charge is 0.323 e. The van der Waals surface area contributed by atoms with Crippen molar-refractivity contribution in [3.8, 4) is 0 Å². The molecule has 1 aromatic carbocycles. The third-order valence-electron chi connectivity index (χ3n) is 2.16. The van der Waals surface area contributed by atoms with Gasteiger partial charge in [0.05, 0.1) is 10.9 Å². The maximum Gasteiger partial charge on any atom is 0.323 e. The Hall–Kier alpha value is -1.59. The predicted octanol–water partition coefficient (Wildman–Crippen LogP) is 1.79. The van der Waals surface area contributed by atoms with Gasteiger partial charge in [-0.1, -0.05) is 11.6 Å². The molecule has 0 unspecified atom stereocenters. The number of hydrogen-bond acceptors (Lipinski definition) is 3. The molecule has 5 nitrogen and oxygen atoms in total. The van der Waals surface area contributed by atoms with Crippen LogP contribution in [0.3, 0.4) is 0 Å². The summed E-state index contributed by atoms with van der Waals surface area (Å²) in [5.74, 6) is -1.16. The Morgan fingerprint density at radius 1 is 1.41 bits per heavy atom. The first-order chi connectivity index (χ1) is 7.99. The third-order valence-corrected chi connectivity index (χ3v) is 2.69. The summed E-state index contributed by atoms with van der Waals surface area (Å²) in [5.41, 5.74) is -0.159. The molecule has 0 atom stereocenters. The Kier molecular flexibility index (Phi) is 3.04. The quantitative estimate of drug-likeness (QED) is 0.846. The van der Waals surface area contributed by atoms with E-state index in [9.17, 15) is 9.59 Å². The number of aliphatic carboxylic acids is 1. The number of halogens is 2. The number of carboxylic acids is 1. The minimum Gasteiger partial charge on any atom is -0.480 e. The molecule has 1 aromatic heterocycles. The maximum atomic E-state index is 11.9. The number of aromatic nitrogens is 2. The molecule has 0 saturated carbocycles. The molecule has 7 heteroatoms. The minimum atomic E-state index is -1.16. The van der Waals surface area contributed by atoms with Gasteiger partial charge in [-0.05, 0) is 29.8 Å². The lowest BCUT2D eigenvalue weighted by atomic mass is 10.2. The van der Waals surface area contributed by atoms with Crippen molar-refractivity contribution < 1.29 is 9.90 Å². The molecule has 1 heterocycles. The summed E-state index contributed by atoms with van der Waals surface area (Å²) >= 11 is 11.5. The van der Waals surface area contributed by atoms with E-state index in [-0.39, 0.29) is 10.7 Å². The van der Waals surface area contributed by atoms with Gasteiger partial charge in [0.1, 0.15) is 6.54 Å². The second-order valence-electron chi connectivity index (χ2n) is 3.33. The maximum absolute atomic E-state index is 11.9. The molecular formula is C10H6Cl2N2O3. The summed E-state index contributed by atoms with van der Waals surface area (Å²) in [5, 5.41) is 9.20. The lowest BCUT2D eigenvalue weighted by Gasteiger charge is -2.06. The predicted molar refractivity (Wildman–Crippen MR) is 63.7 cm³/mol. The molecular weight excluding hydrogens is 267 g/mol. The highest BCUT2D eigenvalue weighted by molar-refractivity contribution is 6.31. The monoisotopic (exact) mass is 272 g/mol. The Balaban J connectivity index is 2.76.